The lowest BCUT2D eigenvalue weighted by molar-refractivity contribution is -0.126. The van der Waals surface area contributed by atoms with Crippen LogP contribution < -0.4 is 10.1 Å². The van der Waals surface area contributed by atoms with Gasteiger partial charge in [0.05, 0.1) is 17.6 Å². The number of halogens is 1. The first-order valence-electron chi connectivity index (χ1n) is 10.0. The fourth-order valence-electron chi connectivity index (χ4n) is 3.47. The minimum absolute atomic E-state index is 0.0530. The fraction of sp³-hybridized carbons (Fsp3) is 0.391. The zero-order chi connectivity index (χ0) is 20.8. The summed E-state index contributed by atoms with van der Waals surface area (Å²) in [5, 5.41) is 2.95. The standard InChI is InChI=1S/C23H27FN2O3/c1-16(2)29-19-11-9-17(10-12-19)14-25-22(27)18-6-5-13-26(15-18)23(28)20-7-3-4-8-21(20)24/h3-4,7-12,16,18H,5-6,13-15H2,1-2H3,(H,25,27)/t18-/m0/s1. The molecule has 0 bridgehead atoms. The Balaban J connectivity index is 1.54. The second-order valence-electron chi connectivity index (χ2n) is 7.60. The highest BCUT2D eigenvalue weighted by atomic mass is 19.1. The smallest absolute Gasteiger partial charge is 0.256 e. The lowest BCUT2D eigenvalue weighted by Crippen LogP contribution is -2.45. The van der Waals surface area contributed by atoms with Gasteiger partial charge in [0.2, 0.25) is 5.91 Å². The first-order chi connectivity index (χ1) is 13.9. The van der Waals surface area contributed by atoms with Crippen LogP contribution in [0, 0.1) is 11.7 Å². The number of likely N-dealkylation sites (tertiary alicyclic amines) is 1. The third kappa shape index (κ3) is 5.56. The van der Waals surface area contributed by atoms with E-state index in [0.717, 1.165) is 17.7 Å². The Morgan fingerprint density at radius 3 is 2.59 bits per heavy atom. The van der Waals surface area contributed by atoms with Gasteiger partial charge in [-0.15, -0.1) is 0 Å². The van der Waals surface area contributed by atoms with Crippen molar-refractivity contribution < 1.29 is 18.7 Å². The zero-order valence-electron chi connectivity index (χ0n) is 16.9. The van der Waals surface area contributed by atoms with Crippen molar-refractivity contribution in [2.45, 2.75) is 39.3 Å². The highest BCUT2D eigenvalue weighted by molar-refractivity contribution is 5.95. The van der Waals surface area contributed by atoms with Crippen molar-refractivity contribution >= 4 is 11.8 Å². The summed E-state index contributed by atoms with van der Waals surface area (Å²) < 4.78 is 19.5. The van der Waals surface area contributed by atoms with E-state index < -0.39 is 5.82 Å². The minimum atomic E-state index is -0.533. The Bertz CT molecular complexity index is 851. The van der Waals surface area contributed by atoms with Crippen molar-refractivity contribution in [3.63, 3.8) is 0 Å². The van der Waals surface area contributed by atoms with Crippen molar-refractivity contribution in [2.75, 3.05) is 13.1 Å². The van der Waals surface area contributed by atoms with Gasteiger partial charge in [0.25, 0.3) is 5.91 Å². The van der Waals surface area contributed by atoms with E-state index in [1.165, 1.54) is 12.1 Å². The molecule has 1 aliphatic rings. The van der Waals surface area contributed by atoms with Gasteiger partial charge in [0.15, 0.2) is 0 Å². The van der Waals surface area contributed by atoms with Gasteiger partial charge in [-0.3, -0.25) is 9.59 Å². The molecular formula is C23H27FN2O3. The quantitative estimate of drug-likeness (QED) is 0.806. The summed E-state index contributed by atoms with van der Waals surface area (Å²) in [6.45, 7) is 5.20. The molecule has 154 valence electrons. The Morgan fingerprint density at radius 2 is 1.90 bits per heavy atom. The number of piperidine rings is 1. The summed E-state index contributed by atoms with van der Waals surface area (Å²) >= 11 is 0. The molecular weight excluding hydrogens is 371 g/mol. The third-order valence-corrected chi connectivity index (χ3v) is 4.95. The number of benzene rings is 2. The van der Waals surface area contributed by atoms with E-state index in [9.17, 15) is 14.0 Å². The van der Waals surface area contributed by atoms with E-state index in [4.69, 9.17) is 4.74 Å². The van der Waals surface area contributed by atoms with Gasteiger partial charge in [-0.2, -0.15) is 0 Å². The highest BCUT2D eigenvalue weighted by Gasteiger charge is 2.29. The number of carbonyl (C=O) groups excluding carboxylic acids is 2. The zero-order valence-corrected chi connectivity index (χ0v) is 16.9. The summed E-state index contributed by atoms with van der Waals surface area (Å²) in [5.41, 5.74) is 1.03. The summed E-state index contributed by atoms with van der Waals surface area (Å²) in [5.74, 6) is -0.471. The molecule has 29 heavy (non-hydrogen) atoms. The number of ether oxygens (including phenoxy) is 1. The second-order valence-corrected chi connectivity index (χ2v) is 7.60. The van der Waals surface area contributed by atoms with Crippen molar-refractivity contribution in [1.82, 2.24) is 10.2 Å². The predicted molar refractivity (Wildman–Crippen MR) is 109 cm³/mol. The minimum Gasteiger partial charge on any atom is -0.491 e. The third-order valence-electron chi connectivity index (χ3n) is 4.95. The van der Waals surface area contributed by atoms with Crippen LogP contribution in [0.1, 0.15) is 42.6 Å². The molecule has 5 nitrogen and oxygen atoms in total. The SMILES string of the molecule is CC(C)Oc1ccc(CNC(=O)[C@H]2CCCN(C(=O)c3ccccc3F)C2)cc1. The van der Waals surface area contributed by atoms with Crippen molar-refractivity contribution in [1.29, 1.82) is 0 Å². The molecule has 0 aliphatic carbocycles. The van der Waals surface area contributed by atoms with Gasteiger partial charge >= 0.3 is 0 Å². The summed E-state index contributed by atoms with van der Waals surface area (Å²) in [4.78, 5) is 26.8. The maximum atomic E-state index is 13.9. The Kier molecular flexibility index (Phi) is 6.86. The number of rotatable bonds is 6. The Labute approximate surface area is 170 Å². The van der Waals surface area contributed by atoms with Crippen LogP contribution in [0.4, 0.5) is 4.39 Å². The van der Waals surface area contributed by atoms with Crippen molar-refractivity contribution in [3.8, 4) is 5.75 Å². The predicted octanol–water partition coefficient (Wildman–Crippen LogP) is 3.78. The van der Waals surface area contributed by atoms with E-state index in [0.29, 0.717) is 26.1 Å². The average Bonchev–Trinajstić information content (AvgIpc) is 2.72. The van der Waals surface area contributed by atoms with Gasteiger partial charge in [0.1, 0.15) is 11.6 Å². The molecule has 2 aromatic carbocycles. The van der Waals surface area contributed by atoms with E-state index in [1.54, 1.807) is 17.0 Å². The van der Waals surface area contributed by atoms with Crippen LogP contribution in [0.3, 0.4) is 0 Å². The van der Waals surface area contributed by atoms with Crippen LogP contribution in [-0.2, 0) is 11.3 Å². The molecule has 0 unspecified atom stereocenters. The number of hydrogen-bond acceptors (Lipinski definition) is 3. The molecule has 6 heteroatoms. The van der Waals surface area contributed by atoms with Crippen molar-refractivity contribution in [3.05, 3.63) is 65.5 Å². The number of carbonyl (C=O) groups is 2. The molecule has 2 amide bonds. The largest absolute Gasteiger partial charge is 0.491 e. The molecule has 0 radical (unpaired) electrons. The fourth-order valence-corrected chi connectivity index (χ4v) is 3.47. The van der Waals surface area contributed by atoms with Gasteiger partial charge in [-0.25, -0.2) is 4.39 Å². The molecule has 1 fully saturated rings. The van der Waals surface area contributed by atoms with Gasteiger partial charge < -0.3 is 15.0 Å². The first-order valence-corrected chi connectivity index (χ1v) is 10.0. The molecule has 1 aliphatic heterocycles. The molecule has 1 heterocycles. The molecule has 0 spiro atoms. The molecule has 1 saturated heterocycles. The van der Waals surface area contributed by atoms with Crippen LogP contribution >= 0.6 is 0 Å². The Hall–Kier alpha value is -2.89. The molecule has 3 rings (SSSR count). The normalized spacial score (nSPS) is 16.6. The van der Waals surface area contributed by atoms with Crippen LogP contribution in [-0.4, -0.2) is 35.9 Å². The number of hydrogen-bond donors (Lipinski definition) is 1. The van der Waals surface area contributed by atoms with Crippen LogP contribution in [0.2, 0.25) is 0 Å². The molecule has 0 saturated carbocycles. The maximum Gasteiger partial charge on any atom is 0.256 e. The first kappa shape index (κ1) is 20.8. The molecule has 0 aromatic heterocycles. The van der Waals surface area contributed by atoms with Gasteiger partial charge in [-0.05, 0) is 56.5 Å². The van der Waals surface area contributed by atoms with Gasteiger partial charge in [-0.1, -0.05) is 24.3 Å². The summed E-state index contributed by atoms with van der Waals surface area (Å²) in [6, 6.07) is 13.6. The van der Waals surface area contributed by atoms with Gasteiger partial charge in [0, 0.05) is 19.6 Å². The molecule has 1 atom stereocenters. The summed E-state index contributed by atoms with van der Waals surface area (Å²) in [6.07, 6.45) is 1.55. The molecule has 1 N–H and O–H groups in total. The topological polar surface area (TPSA) is 58.6 Å². The van der Waals surface area contributed by atoms with Crippen LogP contribution in [0.15, 0.2) is 48.5 Å². The van der Waals surface area contributed by atoms with Crippen LogP contribution in [0.5, 0.6) is 5.75 Å². The average molecular weight is 398 g/mol. The lowest BCUT2D eigenvalue weighted by Gasteiger charge is -2.32. The Morgan fingerprint density at radius 1 is 1.17 bits per heavy atom. The maximum absolute atomic E-state index is 13.9. The second kappa shape index (κ2) is 9.54. The number of nitrogens with one attached hydrogen (secondary N) is 1. The van der Waals surface area contributed by atoms with E-state index in [2.05, 4.69) is 5.32 Å². The lowest BCUT2D eigenvalue weighted by atomic mass is 9.96. The van der Waals surface area contributed by atoms with Crippen LogP contribution in [0.25, 0.3) is 0 Å². The highest BCUT2D eigenvalue weighted by Crippen LogP contribution is 2.20. The number of amides is 2. The number of nitrogens with zero attached hydrogens (tertiary/aromatic N) is 1. The van der Waals surface area contributed by atoms with E-state index >= 15 is 0 Å². The summed E-state index contributed by atoms with van der Waals surface area (Å²) in [7, 11) is 0. The monoisotopic (exact) mass is 398 g/mol. The van der Waals surface area contributed by atoms with E-state index in [1.807, 2.05) is 38.1 Å². The molecule has 2 aromatic rings. The van der Waals surface area contributed by atoms with Crippen molar-refractivity contribution in [2.24, 2.45) is 5.92 Å². The van der Waals surface area contributed by atoms with E-state index in [-0.39, 0.29) is 29.4 Å².